The summed E-state index contributed by atoms with van der Waals surface area (Å²) in [7, 11) is 0. The van der Waals surface area contributed by atoms with Crippen LogP contribution >= 0.6 is 0 Å². The van der Waals surface area contributed by atoms with E-state index in [4.69, 9.17) is 10.9 Å². The molecule has 0 saturated carbocycles. The highest BCUT2D eigenvalue weighted by molar-refractivity contribution is 6.06. The first kappa shape index (κ1) is 13.0. The van der Waals surface area contributed by atoms with Gasteiger partial charge < -0.3 is 15.8 Å². The number of hydrogen-bond donors (Lipinski definition) is 2. The van der Waals surface area contributed by atoms with Gasteiger partial charge in [0.15, 0.2) is 0 Å². The summed E-state index contributed by atoms with van der Waals surface area (Å²) in [6.45, 7) is 2.02. The number of benzene rings is 1. The summed E-state index contributed by atoms with van der Waals surface area (Å²) in [4.78, 5) is 13.0. The van der Waals surface area contributed by atoms with Gasteiger partial charge in [0.25, 0.3) is 0 Å². The largest absolute Gasteiger partial charge is 0.409 e. The van der Waals surface area contributed by atoms with Gasteiger partial charge in [0.2, 0.25) is 5.91 Å². The molecule has 0 saturated heterocycles. The molecule has 1 amide bonds. The zero-order chi connectivity index (χ0) is 12.8. The van der Waals surface area contributed by atoms with Gasteiger partial charge in [-0.1, -0.05) is 17.3 Å². The van der Waals surface area contributed by atoms with Gasteiger partial charge in [0.1, 0.15) is 11.7 Å². The molecule has 0 aromatic heterocycles. The molecular formula is C11H14FN3O2. The first-order chi connectivity index (χ1) is 8.10. The van der Waals surface area contributed by atoms with Crippen LogP contribution in [0.15, 0.2) is 29.4 Å². The Kier molecular flexibility index (Phi) is 4.45. The fraction of sp³-hybridized carbons (Fsp3) is 0.273. The number of amidine groups is 1. The number of nitrogens with two attached hydrogens (primary N) is 1. The van der Waals surface area contributed by atoms with Crippen molar-refractivity contribution in [2.45, 2.75) is 13.3 Å². The van der Waals surface area contributed by atoms with E-state index in [-0.39, 0.29) is 17.9 Å². The molecule has 0 spiro atoms. The summed E-state index contributed by atoms with van der Waals surface area (Å²) in [6.07, 6.45) is -0.251. The highest BCUT2D eigenvalue weighted by Crippen LogP contribution is 2.19. The first-order valence-electron chi connectivity index (χ1n) is 5.11. The minimum absolute atomic E-state index is 0.186. The van der Waals surface area contributed by atoms with E-state index in [1.54, 1.807) is 19.1 Å². The second kappa shape index (κ2) is 5.83. The van der Waals surface area contributed by atoms with Crippen LogP contribution in [0.3, 0.4) is 0 Å². The Hall–Kier alpha value is -2.11. The Labute approximate surface area is 98.3 Å². The number of nitrogens with zero attached hydrogens (tertiary/aromatic N) is 2. The molecule has 0 unspecified atom stereocenters. The number of carbonyl (C=O) groups is 1. The lowest BCUT2D eigenvalue weighted by atomic mass is 10.2. The van der Waals surface area contributed by atoms with Crippen LogP contribution in [0.25, 0.3) is 0 Å². The normalized spacial score (nSPS) is 11.3. The lowest BCUT2D eigenvalue weighted by molar-refractivity contribution is -0.117. The van der Waals surface area contributed by atoms with Crippen molar-refractivity contribution in [2.75, 3.05) is 11.4 Å². The Bertz CT molecular complexity index is 434. The number of carbonyl (C=O) groups excluding carboxylic acids is 1. The molecule has 0 bridgehead atoms. The van der Waals surface area contributed by atoms with Crippen molar-refractivity contribution in [3.8, 4) is 0 Å². The predicted octanol–water partition coefficient (Wildman–Crippen LogP) is 1.32. The summed E-state index contributed by atoms with van der Waals surface area (Å²) in [5, 5.41) is 11.1. The van der Waals surface area contributed by atoms with Crippen LogP contribution in [0.5, 0.6) is 0 Å². The van der Waals surface area contributed by atoms with Crippen molar-refractivity contribution in [1.29, 1.82) is 0 Å². The number of halogens is 1. The topological polar surface area (TPSA) is 78.9 Å². The van der Waals surface area contributed by atoms with E-state index in [9.17, 15) is 9.18 Å². The van der Waals surface area contributed by atoms with Crippen LogP contribution in [-0.2, 0) is 4.79 Å². The van der Waals surface area contributed by atoms with Crippen LogP contribution in [0, 0.1) is 5.82 Å². The van der Waals surface area contributed by atoms with Gasteiger partial charge in [0, 0.05) is 6.54 Å². The van der Waals surface area contributed by atoms with E-state index in [0.717, 1.165) is 0 Å². The van der Waals surface area contributed by atoms with Crippen LogP contribution < -0.4 is 10.6 Å². The molecule has 0 fully saturated rings. The van der Waals surface area contributed by atoms with Gasteiger partial charge in [-0.3, -0.25) is 4.79 Å². The maximum atomic E-state index is 13.5. The lowest BCUT2D eigenvalue weighted by Gasteiger charge is -2.21. The number of oxime groups is 1. The molecule has 0 atom stereocenters. The summed E-state index contributed by atoms with van der Waals surface area (Å²) >= 11 is 0. The second-order valence-corrected chi connectivity index (χ2v) is 3.36. The highest BCUT2D eigenvalue weighted by atomic mass is 19.1. The van der Waals surface area contributed by atoms with E-state index in [2.05, 4.69) is 5.16 Å². The van der Waals surface area contributed by atoms with Crippen molar-refractivity contribution in [2.24, 2.45) is 10.9 Å². The van der Waals surface area contributed by atoms with E-state index in [1.807, 2.05) is 0 Å². The SMILES string of the molecule is CCN(C(=O)CC(N)=NO)c1ccccc1F. The van der Waals surface area contributed by atoms with Crippen LogP contribution in [-0.4, -0.2) is 23.5 Å². The summed E-state index contributed by atoms with van der Waals surface area (Å²) in [5.74, 6) is -1.11. The molecule has 0 heterocycles. The van der Waals surface area contributed by atoms with Gasteiger partial charge in [0.05, 0.1) is 12.1 Å². The van der Waals surface area contributed by atoms with Gasteiger partial charge >= 0.3 is 0 Å². The maximum absolute atomic E-state index is 13.5. The Morgan fingerprint density at radius 3 is 2.71 bits per heavy atom. The quantitative estimate of drug-likeness (QED) is 0.360. The van der Waals surface area contributed by atoms with Crippen molar-refractivity contribution in [1.82, 2.24) is 0 Å². The van der Waals surface area contributed by atoms with Gasteiger partial charge in [-0.15, -0.1) is 0 Å². The van der Waals surface area contributed by atoms with E-state index in [0.29, 0.717) is 6.54 Å². The number of rotatable bonds is 4. The molecule has 0 radical (unpaired) electrons. The predicted molar refractivity (Wildman–Crippen MR) is 62.5 cm³/mol. The molecule has 0 aliphatic rings. The first-order valence-corrected chi connectivity index (χ1v) is 5.11. The van der Waals surface area contributed by atoms with Crippen molar-refractivity contribution < 1.29 is 14.4 Å². The fourth-order valence-electron chi connectivity index (χ4n) is 1.44. The molecule has 5 nitrogen and oxygen atoms in total. The average molecular weight is 239 g/mol. The number of para-hydroxylation sites is 1. The Morgan fingerprint density at radius 2 is 2.18 bits per heavy atom. The summed E-state index contributed by atoms with van der Waals surface area (Å²) < 4.78 is 13.5. The van der Waals surface area contributed by atoms with Crippen molar-refractivity contribution in [3.63, 3.8) is 0 Å². The molecule has 17 heavy (non-hydrogen) atoms. The second-order valence-electron chi connectivity index (χ2n) is 3.36. The third-order valence-corrected chi connectivity index (χ3v) is 2.22. The van der Waals surface area contributed by atoms with Gasteiger partial charge in [-0.2, -0.15) is 0 Å². The highest BCUT2D eigenvalue weighted by Gasteiger charge is 2.18. The van der Waals surface area contributed by atoms with Gasteiger partial charge in [-0.25, -0.2) is 4.39 Å². The molecule has 1 aromatic carbocycles. The van der Waals surface area contributed by atoms with Gasteiger partial charge in [-0.05, 0) is 19.1 Å². The molecule has 1 aromatic rings. The molecule has 6 heteroatoms. The number of hydrogen-bond acceptors (Lipinski definition) is 3. The number of anilines is 1. The standard InChI is InChI=1S/C11H14FN3O2/c1-2-15(11(16)7-10(13)14-17)9-6-4-3-5-8(9)12/h3-6,17H,2,7H2,1H3,(H2,13,14). The Morgan fingerprint density at radius 1 is 1.53 bits per heavy atom. The average Bonchev–Trinajstić information content (AvgIpc) is 2.32. The van der Waals surface area contributed by atoms with E-state index < -0.39 is 11.7 Å². The van der Waals surface area contributed by atoms with Crippen molar-refractivity contribution in [3.05, 3.63) is 30.1 Å². The van der Waals surface area contributed by atoms with Crippen molar-refractivity contribution >= 4 is 17.4 Å². The Balaban J connectivity index is 2.93. The van der Waals surface area contributed by atoms with E-state index in [1.165, 1.54) is 17.0 Å². The zero-order valence-corrected chi connectivity index (χ0v) is 9.43. The molecular weight excluding hydrogens is 225 g/mol. The van der Waals surface area contributed by atoms with Crippen LogP contribution in [0.1, 0.15) is 13.3 Å². The molecule has 0 aliphatic heterocycles. The lowest BCUT2D eigenvalue weighted by Crippen LogP contribution is -2.34. The third-order valence-electron chi connectivity index (χ3n) is 2.22. The summed E-state index contributed by atoms with van der Waals surface area (Å²) in [5.41, 5.74) is 5.43. The maximum Gasteiger partial charge on any atom is 0.234 e. The smallest absolute Gasteiger partial charge is 0.234 e. The molecule has 92 valence electrons. The minimum atomic E-state index is -0.484. The fourth-order valence-corrected chi connectivity index (χ4v) is 1.44. The molecule has 0 aliphatic carbocycles. The van der Waals surface area contributed by atoms with Crippen LogP contribution in [0.2, 0.25) is 0 Å². The zero-order valence-electron chi connectivity index (χ0n) is 9.43. The number of amides is 1. The minimum Gasteiger partial charge on any atom is -0.409 e. The summed E-state index contributed by atoms with van der Waals surface area (Å²) in [6, 6.07) is 5.95. The molecule has 1 rings (SSSR count). The molecule has 3 N–H and O–H groups in total. The van der Waals surface area contributed by atoms with E-state index >= 15 is 0 Å². The third kappa shape index (κ3) is 3.17. The monoisotopic (exact) mass is 239 g/mol. The van der Waals surface area contributed by atoms with Crippen LogP contribution in [0.4, 0.5) is 10.1 Å².